The number of rotatable bonds is 4. The third-order valence-electron chi connectivity index (χ3n) is 7.90. The number of morpholine rings is 1. The molecule has 0 radical (unpaired) electrons. The van der Waals surface area contributed by atoms with Crippen LogP contribution in [0.25, 0.3) is 0 Å². The number of nitrogens with zero attached hydrogens (tertiary/aromatic N) is 1. The molecule has 1 saturated heterocycles. The van der Waals surface area contributed by atoms with Gasteiger partial charge in [-0.05, 0) is 55.8 Å². The summed E-state index contributed by atoms with van der Waals surface area (Å²) in [6.45, 7) is 11.4. The molecular formula is C22H39N3O4. The molecule has 0 aromatic carbocycles. The van der Waals surface area contributed by atoms with Crippen LogP contribution in [0.4, 0.5) is 4.79 Å². The Morgan fingerprint density at radius 1 is 1.24 bits per heavy atom. The van der Waals surface area contributed by atoms with Crippen LogP contribution < -0.4 is 10.6 Å². The van der Waals surface area contributed by atoms with Gasteiger partial charge < -0.3 is 25.4 Å². The zero-order valence-corrected chi connectivity index (χ0v) is 18.4. The van der Waals surface area contributed by atoms with Gasteiger partial charge >= 0.3 is 6.03 Å². The number of hydrogen-bond donors (Lipinski definition) is 3. The summed E-state index contributed by atoms with van der Waals surface area (Å²) < 4.78 is 5.37. The Morgan fingerprint density at radius 2 is 1.90 bits per heavy atom. The molecule has 166 valence electrons. The Labute approximate surface area is 174 Å². The largest absolute Gasteiger partial charge is 0.392 e. The van der Waals surface area contributed by atoms with Crippen molar-refractivity contribution < 1.29 is 19.4 Å². The van der Waals surface area contributed by atoms with Crippen molar-refractivity contribution in [3.05, 3.63) is 0 Å². The van der Waals surface area contributed by atoms with Crippen LogP contribution in [0.2, 0.25) is 0 Å². The van der Waals surface area contributed by atoms with Gasteiger partial charge in [0.15, 0.2) is 0 Å². The van der Waals surface area contributed by atoms with Crippen molar-refractivity contribution in [2.75, 3.05) is 32.8 Å². The van der Waals surface area contributed by atoms with Crippen LogP contribution in [0.3, 0.4) is 0 Å². The van der Waals surface area contributed by atoms with Gasteiger partial charge in [-0.2, -0.15) is 0 Å². The molecule has 3 N–H and O–H groups in total. The number of aliphatic hydroxyl groups excluding tert-OH is 1. The predicted molar refractivity (Wildman–Crippen MR) is 111 cm³/mol. The number of nitrogens with one attached hydrogen (secondary N) is 2. The van der Waals surface area contributed by atoms with Crippen molar-refractivity contribution in [1.82, 2.24) is 15.5 Å². The maximum atomic E-state index is 13.0. The first-order valence-electron chi connectivity index (χ1n) is 11.4. The van der Waals surface area contributed by atoms with Gasteiger partial charge in [-0.15, -0.1) is 0 Å². The molecule has 3 aliphatic rings. The average molecular weight is 410 g/mol. The molecule has 7 atom stereocenters. The Balaban J connectivity index is 1.71. The van der Waals surface area contributed by atoms with E-state index >= 15 is 0 Å². The second kappa shape index (κ2) is 9.21. The topological polar surface area (TPSA) is 90.9 Å². The summed E-state index contributed by atoms with van der Waals surface area (Å²) in [5.41, 5.74) is 0.0660. The summed E-state index contributed by atoms with van der Waals surface area (Å²) in [6, 6.07) is -0.0797. The lowest BCUT2D eigenvalue weighted by Gasteiger charge is -2.56. The first-order valence-corrected chi connectivity index (χ1v) is 11.4. The number of urea groups is 1. The summed E-state index contributed by atoms with van der Waals surface area (Å²) >= 11 is 0. The number of ether oxygens (including phenoxy) is 1. The molecule has 7 nitrogen and oxygen atoms in total. The Hall–Kier alpha value is -1.34. The number of fused-ring (bicyclic) bond motifs is 1. The molecule has 0 aromatic rings. The van der Waals surface area contributed by atoms with Crippen LogP contribution in [0, 0.1) is 29.1 Å². The van der Waals surface area contributed by atoms with Gasteiger partial charge in [0.2, 0.25) is 5.91 Å². The third-order valence-corrected chi connectivity index (χ3v) is 7.90. The highest BCUT2D eigenvalue weighted by molar-refractivity contribution is 5.79. The molecule has 29 heavy (non-hydrogen) atoms. The molecule has 1 heterocycles. The van der Waals surface area contributed by atoms with Gasteiger partial charge in [0.1, 0.15) is 0 Å². The average Bonchev–Trinajstić information content (AvgIpc) is 2.70. The second-order valence-electron chi connectivity index (χ2n) is 9.61. The summed E-state index contributed by atoms with van der Waals surface area (Å²) in [7, 11) is 0. The standard InChI is InChI=1S/C22H39N3O4/c1-5-23-21(28)24-17-7-9-22(4)8-6-16(19(26)18(22)15(17)3)14(2)20(27)25-10-12-29-13-11-25/h14-19,26H,5-13H2,1-4H3,(H2,23,24,28)/t14-,15+,16?,17-,18+,19-,22-/m0/s1. The lowest BCUT2D eigenvalue weighted by atomic mass is 9.51. The number of hydrogen-bond acceptors (Lipinski definition) is 4. The van der Waals surface area contributed by atoms with E-state index < -0.39 is 6.10 Å². The molecule has 0 aromatic heterocycles. The molecule has 7 heteroatoms. The molecule has 3 rings (SSSR count). The van der Waals surface area contributed by atoms with Gasteiger partial charge in [-0.25, -0.2) is 4.79 Å². The van der Waals surface area contributed by atoms with E-state index in [1.54, 1.807) is 0 Å². The Bertz CT molecular complexity index is 595. The molecule has 3 amide bonds. The van der Waals surface area contributed by atoms with Gasteiger partial charge in [-0.3, -0.25) is 4.79 Å². The van der Waals surface area contributed by atoms with Gasteiger partial charge in [0.25, 0.3) is 0 Å². The van der Waals surface area contributed by atoms with E-state index in [-0.39, 0.29) is 47.1 Å². The summed E-state index contributed by atoms with van der Waals surface area (Å²) in [4.78, 5) is 27.0. The minimum Gasteiger partial charge on any atom is -0.392 e. The molecule has 0 spiro atoms. The SMILES string of the molecule is CCNC(=O)N[C@H]1CC[C@]2(C)CCC([C@H](C)C(=O)N3CCOCC3)[C@H](O)[C@H]2[C@@H]1C. The summed E-state index contributed by atoms with van der Waals surface area (Å²) in [5.74, 6) is 0.161. The van der Waals surface area contributed by atoms with E-state index in [4.69, 9.17) is 4.74 Å². The van der Waals surface area contributed by atoms with Crippen molar-refractivity contribution in [2.45, 2.75) is 65.5 Å². The molecular weight excluding hydrogens is 370 g/mol. The number of carbonyl (C=O) groups excluding carboxylic acids is 2. The van der Waals surface area contributed by atoms with Crippen LogP contribution in [-0.4, -0.2) is 66.9 Å². The maximum Gasteiger partial charge on any atom is 0.315 e. The minimum absolute atomic E-state index is 0.0333. The second-order valence-corrected chi connectivity index (χ2v) is 9.61. The molecule has 3 fully saturated rings. The predicted octanol–water partition coefficient (Wildman–Crippen LogP) is 1.99. The first-order chi connectivity index (χ1) is 13.8. The Kier molecular flexibility index (Phi) is 7.10. The molecule has 2 saturated carbocycles. The fourth-order valence-electron chi connectivity index (χ4n) is 6.13. The van der Waals surface area contributed by atoms with E-state index in [0.717, 1.165) is 25.7 Å². The number of aliphatic hydroxyl groups is 1. The van der Waals surface area contributed by atoms with Gasteiger partial charge in [0, 0.05) is 31.6 Å². The monoisotopic (exact) mass is 409 g/mol. The smallest absolute Gasteiger partial charge is 0.315 e. The maximum absolute atomic E-state index is 13.0. The summed E-state index contributed by atoms with van der Waals surface area (Å²) in [5, 5.41) is 17.4. The minimum atomic E-state index is -0.525. The third kappa shape index (κ3) is 4.55. The van der Waals surface area contributed by atoms with Crippen LogP contribution in [-0.2, 0) is 9.53 Å². The van der Waals surface area contributed by atoms with E-state index in [1.165, 1.54) is 0 Å². The van der Waals surface area contributed by atoms with Gasteiger partial charge in [0.05, 0.1) is 19.3 Å². The summed E-state index contributed by atoms with van der Waals surface area (Å²) in [6.07, 6.45) is 3.31. The first kappa shape index (κ1) is 22.3. The Morgan fingerprint density at radius 3 is 2.55 bits per heavy atom. The van der Waals surface area contributed by atoms with Crippen molar-refractivity contribution in [1.29, 1.82) is 0 Å². The van der Waals surface area contributed by atoms with Crippen LogP contribution >= 0.6 is 0 Å². The van der Waals surface area contributed by atoms with Crippen molar-refractivity contribution in [3.8, 4) is 0 Å². The molecule has 1 unspecified atom stereocenters. The van der Waals surface area contributed by atoms with E-state index in [1.807, 2.05) is 18.7 Å². The van der Waals surface area contributed by atoms with Crippen LogP contribution in [0.1, 0.15) is 53.4 Å². The lowest BCUT2D eigenvalue weighted by molar-refractivity contribution is -0.153. The zero-order valence-electron chi connectivity index (χ0n) is 18.4. The fraction of sp³-hybridized carbons (Fsp3) is 0.909. The van der Waals surface area contributed by atoms with E-state index in [9.17, 15) is 14.7 Å². The van der Waals surface area contributed by atoms with Crippen LogP contribution in [0.5, 0.6) is 0 Å². The molecule has 1 aliphatic heterocycles. The molecule has 0 bridgehead atoms. The number of carbonyl (C=O) groups is 2. The number of amides is 3. The highest BCUT2D eigenvalue weighted by atomic mass is 16.5. The van der Waals surface area contributed by atoms with E-state index in [2.05, 4.69) is 24.5 Å². The van der Waals surface area contributed by atoms with Crippen molar-refractivity contribution in [2.24, 2.45) is 29.1 Å². The van der Waals surface area contributed by atoms with E-state index in [0.29, 0.717) is 32.8 Å². The molecule has 2 aliphatic carbocycles. The van der Waals surface area contributed by atoms with Gasteiger partial charge in [-0.1, -0.05) is 20.8 Å². The van der Waals surface area contributed by atoms with Crippen molar-refractivity contribution >= 4 is 11.9 Å². The highest BCUT2D eigenvalue weighted by Gasteiger charge is 2.54. The lowest BCUT2D eigenvalue weighted by Crippen LogP contribution is -2.59. The highest BCUT2D eigenvalue weighted by Crippen LogP contribution is 2.55. The zero-order chi connectivity index (χ0) is 21.2. The normalized spacial score (nSPS) is 38.7. The van der Waals surface area contributed by atoms with Crippen molar-refractivity contribution in [3.63, 3.8) is 0 Å². The van der Waals surface area contributed by atoms with Crippen LogP contribution in [0.15, 0.2) is 0 Å². The quantitative estimate of drug-likeness (QED) is 0.662. The fourth-order valence-corrected chi connectivity index (χ4v) is 6.13.